The number of cyclic esters (lactones) is 1. The van der Waals surface area contributed by atoms with Crippen LogP contribution in [0.5, 0.6) is 0 Å². The molecule has 0 saturated carbocycles. The van der Waals surface area contributed by atoms with E-state index in [1.165, 1.54) is 4.90 Å². The third-order valence-electron chi connectivity index (χ3n) is 7.13. The van der Waals surface area contributed by atoms with Gasteiger partial charge in [0.25, 0.3) is 5.91 Å². The van der Waals surface area contributed by atoms with Crippen LogP contribution in [0.4, 0.5) is 5.69 Å². The van der Waals surface area contributed by atoms with Crippen molar-refractivity contribution in [2.45, 2.75) is 37.1 Å². The Kier molecular flexibility index (Phi) is 5.15. The number of aliphatic hydroxyl groups is 1. The predicted molar refractivity (Wildman–Crippen MR) is 119 cm³/mol. The number of aliphatic hydroxyl groups excluding tert-OH is 1. The summed E-state index contributed by atoms with van der Waals surface area (Å²) < 4.78 is 11.9. The molecule has 1 unspecified atom stereocenters. The molecular weight excluding hydrogens is 448 g/mol. The molecule has 1 N–H and O–H groups in total. The topological polar surface area (TPSA) is 96.4 Å². The van der Waals surface area contributed by atoms with Crippen LogP contribution in [0.3, 0.4) is 0 Å². The lowest BCUT2D eigenvalue weighted by atomic mass is 9.75. The van der Waals surface area contributed by atoms with Gasteiger partial charge in [0.1, 0.15) is 24.2 Å². The number of hydrogen-bond donors (Lipinski definition) is 1. The van der Waals surface area contributed by atoms with E-state index >= 15 is 0 Å². The number of fused-ring (bicyclic) bond motifs is 2. The van der Waals surface area contributed by atoms with Gasteiger partial charge in [-0.2, -0.15) is 0 Å². The van der Waals surface area contributed by atoms with Gasteiger partial charge in [0.15, 0.2) is 0 Å². The van der Waals surface area contributed by atoms with E-state index in [1.807, 2.05) is 0 Å². The molecule has 0 bridgehead atoms. The molecule has 4 aliphatic heterocycles. The normalized spacial score (nSPS) is 36.1. The number of carbonyl (C=O) groups is 3. The minimum Gasteiger partial charge on any atom is -0.461 e. The number of hydrogen-bond acceptors (Lipinski definition) is 6. The zero-order chi connectivity index (χ0) is 23.5. The number of anilines is 1. The van der Waals surface area contributed by atoms with Crippen LogP contribution < -0.4 is 4.90 Å². The SMILES string of the molecule is C[C@H](CO)N1C(=O)[C@@H]2[C@H]3C(=O)OCC=C[C@@]3(C)O[C@@]23C=CCN(c2ccc(Cl)cc2)C(=O)C13. The van der Waals surface area contributed by atoms with Crippen LogP contribution in [-0.4, -0.2) is 70.8 Å². The third kappa shape index (κ3) is 3.08. The van der Waals surface area contributed by atoms with Gasteiger partial charge >= 0.3 is 5.97 Å². The summed E-state index contributed by atoms with van der Waals surface area (Å²) in [6, 6.07) is 5.15. The summed E-state index contributed by atoms with van der Waals surface area (Å²) in [5.41, 5.74) is -1.86. The highest BCUT2D eigenvalue weighted by Gasteiger charge is 2.75. The number of amides is 2. The van der Waals surface area contributed by atoms with Crippen molar-refractivity contribution in [3.8, 4) is 0 Å². The van der Waals surface area contributed by atoms with E-state index in [1.54, 1.807) is 67.3 Å². The lowest BCUT2D eigenvalue weighted by Crippen LogP contribution is -2.58. The Morgan fingerprint density at radius 1 is 1.12 bits per heavy atom. The molecule has 5 rings (SSSR count). The molecule has 1 aromatic carbocycles. The standard InChI is InChI=1S/C24H25ClN2O6/c1-14(13-28)27-19-21(30)26(16-7-5-15(25)6-8-16)11-3-10-24(19)17(20(27)29)18-22(31)32-12-4-9-23(18,2)33-24/h3-10,14,17-19,28H,11-13H2,1-2H3/t14-,17+,18+,19?,23-,24+/m1/s1. The number of nitrogens with zero attached hydrogens (tertiary/aromatic N) is 2. The van der Waals surface area contributed by atoms with Crippen LogP contribution in [0, 0.1) is 11.8 Å². The van der Waals surface area contributed by atoms with Crippen molar-refractivity contribution >= 4 is 35.1 Å². The van der Waals surface area contributed by atoms with Gasteiger partial charge in [0.2, 0.25) is 5.91 Å². The maximum Gasteiger partial charge on any atom is 0.313 e. The number of carbonyl (C=O) groups excluding carboxylic acids is 3. The lowest BCUT2D eigenvalue weighted by molar-refractivity contribution is -0.157. The first kappa shape index (κ1) is 22.1. The third-order valence-corrected chi connectivity index (χ3v) is 7.38. The molecule has 0 radical (unpaired) electrons. The average molecular weight is 473 g/mol. The molecule has 2 fully saturated rings. The molecule has 4 aliphatic rings. The number of benzene rings is 1. The smallest absolute Gasteiger partial charge is 0.313 e. The van der Waals surface area contributed by atoms with Gasteiger partial charge in [-0.05, 0) is 44.2 Å². The predicted octanol–water partition coefficient (Wildman–Crippen LogP) is 1.71. The molecule has 6 atom stereocenters. The molecule has 1 spiro atoms. The van der Waals surface area contributed by atoms with Crippen LogP contribution in [0.15, 0.2) is 48.6 Å². The quantitative estimate of drug-likeness (QED) is 0.531. The van der Waals surface area contributed by atoms with Crippen molar-refractivity contribution in [3.63, 3.8) is 0 Å². The summed E-state index contributed by atoms with van der Waals surface area (Å²) in [5, 5.41) is 10.5. The number of halogens is 1. The number of likely N-dealkylation sites (tertiary alicyclic amines) is 1. The molecule has 174 valence electrons. The van der Waals surface area contributed by atoms with E-state index in [4.69, 9.17) is 21.1 Å². The Labute approximate surface area is 196 Å². The van der Waals surface area contributed by atoms with Gasteiger partial charge in [-0.3, -0.25) is 14.4 Å². The Morgan fingerprint density at radius 3 is 2.55 bits per heavy atom. The highest BCUT2D eigenvalue weighted by molar-refractivity contribution is 6.30. The summed E-state index contributed by atoms with van der Waals surface area (Å²) in [6.45, 7) is 3.44. The lowest BCUT2D eigenvalue weighted by Gasteiger charge is -2.39. The first-order chi connectivity index (χ1) is 15.7. The fraction of sp³-hybridized carbons (Fsp3) is 0.458. The molecule has 33 heavy (non-hydrogen) atoms. The molecule has 2 saturated heterocycles. The number of esters is 1. The summed E-state index contributed by atoms with van der Waals surface area (Å²) in [4.78, 5) is 43.8. The van der Waals surface area contributed by atoms with Crippen molar-refractivity contribution in [1.29, 1.82) is 0 Å². The van der Waals surface area contributed by atoms with E-state index in [-0.39, 0.29) is 25.7 Å². The number of rotatable bonds is 3. The van der Waals surface area contributed by atoms with Crippen molar-refractivity contribution in [3.05, 3.63) is 53.6 Å². The van der Waals surface area contributed by atoms with Crippen LogP contribution in [0.1, 0.15) is 13.8 Å². The molecule has 1 aromatic rings. The molecular formula is C24H25ClN2O6. The Morgan fingerprint density at radius 2 is 1.85 bits per heavy atom. The summed E-state index contributed by atoms with van der Waals surface area (Å²) in [7, 11) is 0. The van der Waals surface area contributed by atoms with E-state index in [2.05, 4.69) is 0 Å². The molecule has 0 aromatic heterocycles. The zero-order valence-electron chi connectivity index (χ0n) is 18.3. The number of ether oxygens (including phenoxy) is 2. The van der Waals surface area contributed by atoms with Crippen molar-refractivity contribution in [2.75, 3.05) is 24.7 Å². The second-order valence-electron chi connectivity index (χ2n) is 9.13. The first-order valence-corrected chi connectivity index (χ1v) is 11.3. The molecule has 0 aliphatic carbocycles. The Balaban J connectivity index is 1.67. The van der Waals surface area contributed by atoms with E-state index in [0.29, 0.717) is 10.7 Å². The van der Waals surface area contributed by atoms with Gasteiger partial charge in [0.05, 0.1) is 24.2 Å². The second kappa shape index (κ2) is 7.68. The maximum absolute atomic E-state index is 14.0. The monoisotopic (exact) mass is 472 g/mol. The highest BCUT2D eigenvalue weighted by atomic mass is 35.5. The Hall–Kier alpha value is -2.68. The fourth-order valence-corrected chi connectivity index (χ4v) is 5.84. The van der Waals surface area contributed by atoms with Crippen molar-refractivity contribution in [2.24, 2.45) is 11.8 Å². The molecule has 9 heteroatoms. The molecule has 2 amide bonds. The highest BCUT2D eigenvalue weighted by Crippen LogP contribution is 2.57. The summed E-state index contributed by atoms with van der Waals surface area (Å²) >= 11 is 6.03. The van der Waals surface area contributed by atoms with Crippen LogP contribution in [0.2, 0.25) is 5.02 Å². The summed E-state index contributed by atoms with van der Waals surface area (Å²) in [5.74, 6) is -3.16. The molecule has 8 nitrogen and oxygen atoms in total. The van der Waals surface area contributed by atoms with Crippen LogP contribution >= 0.6 is 11.6 Å². The molecule has 4 heterocycles. The first-order valence-electron chi connectivity index (χ1n) is 11.0. The minimum absolute atomic E-state index is 0.0987. The maximum atomic E-state index is 14.0. The second-order valence-corrected chi connectivity index (χ2v) is 9.57. The van der Waals surface area contributed by atoms with E-state index in [9.17, 15) is 19.5 Å². The largest absolute Gasteiger partial charge is 0.461 e. The van der Waals surface area contributed by atoms with Crippen molar-refractivity contribution < 1.29 is 29.0 Å². The summed E-state index contributed by atoms with van der Waals surface area (Å²) in [6.07, 6.45) is 6.99. The van der Waals surface area contributed by atoms with Gasteiger partial charge in [-0.25, -0.2) is 0 Å². The average Bonchev–Trinajstić information content (AvgIpc) is 3.05. The minimum atomic E-state index is -1.38. The van der Waals surface area contributed by atoms with Gasteiger partial charge in [-0.1, -0.05) is 29.8 Å². The van der Waals surface area contributed by atoms with Crippen LogP contribution in [-0.2, 0) is 23.9 Å². The fourth-order valence-electron chi connectivity index (χ4n) is 5.71. The van der Waals surface area contributed by atoms with Crippen molar-refractivity contribution in [1.82, 2.24) is 4.90 Å². The van der Waals surface area contributed by atoms with Gasteiger partial charge in [-0.15, -0.1) is 0 Å². The van der Waals surface area contributed by atoms with Gasteiger partial charge in [0, 0.05) is 17.3 Å². The zero-order valence-corrected chi connectivity index (χ0v) is 19.1. The van der Waals surface area contributed by atoms with Crippen LogP contribution in [0.25, 0.3) is 0 Å². The van der Waals surface area contributed by atoms with E-state index in [0.717, 1.165) is 0 Å². The van der Waals surface area contributed by atoms with Gasteiger partial charge < -0.3 is 24.4 Å². The Bertz CT molecular complexity index is 1070. The van der Waals surface area contributed by atoms with E-state index < -0.39 is 47.0 Å².